The molecular formula is C12H17BrN4O2. The molecule has 0 spiro atoms. The lowest BCUT2D eigenvalue weighted by Crippen LogP contribution is -2.46. The van der Waals surface area contributed by atoms with Gasteiger partial charge in [-0.1, -0.05) is 6.08 Å². The van der Waals surface area contributed by atoms with Gasteiger partial charge in [-0.2, -0.15) is 5.10 Å². The maximum atomic E-state index is 12.1. The molecule has 0 amide bonds. The lowest BCUT2D eigenvalue weighted by molar-refractivity contribution is 0.0465. The summed E-state index contributed by atoms with van der Waals surface area (Å²) in [5, 5.41) is 4.14. The highest BCUT2D eigenvalue weighted by Gasteiger charge is 2.22. The van der Waals surface area contributed by atoms with Crippen LogP contribution in [0.1, 0.15) is 0 Å². The largest absolute Gasteiger partial charge is 0.373 e. The number of nitrogens with zero attached hydrogens (tertiary/aromatic N) is 3. The summed E-state index contributed by atoms with van der Waals surface area (Å²) in [5.74, 6) is 0. The second-order valence-corrected chi connectivity index (χ2v) is 5.09. The number of rotatable bonds is 4. The predicted molar refractivity (Wildman–Crippen MR) is 77.4 cm³/mol. The third kappa shape index (κ3) is 3.05. The zero-order valence-electron chi connectivity index (χ0n) is 10.6. The van der Waals surface area contributed by atoms with Crippen molar-refractivity contribution in [2.24, 2.45) is 5.73 Å². The maximum Gasteiger partial charge on any atom is 0.283 e. The van der Waals surface area contributed by atoms with Crippen molar-refractivity contribution in [1.29, 1.82) is 0 Å². The van der Waals surface area contributed by atoms with Gasteiger partial charge >= 0.3 is 0 Å². The molecular weight excluding hydrogens is 312 g/mol. The minimum Gasteiger partial charge on any atom is -0.373 e. The molecule has 1 aromatic rings. The zero-order chi connectivity index (χ0) is 13.8. The van der Waals surface area contributed by atoms with Crippen LogP contribution in [0.25, 0.3) is 0 Å². The molecule has 1 aromatic heterocycles. The van der Waals surface area contributed by atoms with E-state index < -0.39 is 0 Å². The molecule has 0 radical (unpaired) electrons. The van der Waals surface area contributed by atoms with Gasteiger partial charge in [-0.25, -0.2) is 4.68 Å². The molecule has 2 rings (SSSR count). The second kappa shape index (κ2) is 6.31. The average molecular weight is 329 g/mol. The van der Waals surface area contributed by atoms with Gasteiger partial charge < -0.3 is 15.4 Å². The molecule has 1 aliphatic heterocycles. The van der Waals surface area contributed by atoms with E-state index in [1.165, 1.54) is 4.68 Å². The molecule has 6 nitrogen and oxygen atoms in total. The number of anilines is 1. The van der Waals surface area contributed by atoms with Crippen LogP contribution in [-0.4, -0.2) is 42.1 Å². The van der Waals surface area contributed by atoms with Crippen LogP contribution >= 0.6 is 15.9 Å². The first kappa shape index (κ1) is 14.2. The van der Waals surface area contributed by atoms with Crippen LogP contribution in [0.3, 0.4) is 0 Å². The molecule has 104 valence electrons. The van der Waals surface area contributed by atoms with Gasteiger partial charge in [-0.3, -0.25) is 4.79 Å². The van der Waals surface area contributed by atoms with Crippen LogP contribution in [0.4, 0.5) is 5.69 Å². The normalized spacial score (nSPS) is 19.5. The van der Waals surface area contributed by atoms with E-state index in [-0.39, 0.29) is 11.7 Å². The average Bonchev–Trinajstić information content (AvgIpc) is 2.44. The number of allylic oxidation sites excluding steroid dienone is 1. The maximum absolute atomic E-state index is 12.1. The summed E-state index contributed by atoms with van der Waals surface area (Å²) in [6.07, 6.45) is 3.32. The Bertz CT molecular complexity index is 517. The van der Waals surface area contributed by atoms with Crippen LogP contribution in [0.15, 0.2) is 28.1 Å². The Morgan fingerprint density at radius 1 is 1.68 bits per heavy atom. The van der Waals surface area contributed by atoms with Gasteiger partial charge in [0.15, 0.2) is 0 Å². The molecule has 2 heterocycles. The van der Waals surface area contributed by atoms with Gasteiger partial charge in [0.2, 0.25) is 0 Å². The van der Waals surface area contributed by atoms with E-state index in [4.69, 9.17) is 10.5 Å². The van der Waals surface area contributed by atoms with Crippen molar-refractivity contribution in [3.63, 3.8) is 0 Å². The first-order chi connectivity index (χ1) is 9.17. The van der Waals surface area contributed by atoms with E-state index >= 15 is 0 Å². The summed E-state index contributed by atoms with van der Waals surface area (Å²) in [6.45, 7) is 6.46. The summed E-state index contributed by atoms with van der Waals surface area (Å²) in [7, 11) is 0. The number of ether oxygens (including phenoxy) is 1. The summed E-state index contributed by atoms with van der Waals surface area (Å²) in [5.41, 5.74) is 6.24. The van der Waals surface area contributed by atoms with Crippen LogP contribution in [0.5, 0.6) is 0 Å². The van der Waals surface area contributed by atoms with E-state index in [9.17, 15) is 4.79 Å². The number of hydrogen-bond donors (Lipinski definition) is 1. The highest BCUT2D eigenvalue weighted by molar-refractivity contribution is 9.10. The fourth-order valence-corrected chi connectivity index (χ4v) is 2.57. The van der Waals surface area contributed by atoms with E-state index in [0.29, 0.717) is 30.7 Å². The van der Waals surface area contributed by atoms with Crippen molar-refractivity contribution in [3.8, 4) is 0 Å². The molecule has 7 heteroatoms. The molecule has 2 N–H and O–H groups in total. The zero-order valence-corrected chi connectivity index (χ0v) is 12.2. The monoisotopic (exact) mass is 328 g/mol. The van der Waals surface area contributed by atoms with E-state index in [0.717, 1.165) is 12.2 Å². The van der Waals surface area contributed by atoms with Crippen molar-refractivity contribution < 1.29 is 4.74 Å². The highest BCUT2D eigenvalue weighted by atomic mass is 79.9. The van der Waals surface area contributed by atoms with Gasteiger partial charge in [0, 0.05) is 19.6 Å². The standard InChI is InChI=1S/C12H17BrN4O2/c1-2-3-17-12(18)11(13)10(7-15-17)16-4-5-19-9(6-14)8-16/h2,7,9H,1,3-6,8,14H2. The quantitative estimate of drug-likeness (QED) is 0.808. The van der Waals surface area contributed by atoms with E-state index in [1.807, 2.05) is 0 Å². The Kier molecular flexibility index (Phi) is 4.73. The Morgan fingerprint density at radius 3 is 3.16 bits per heavy atom. The van der Waals surface area contributed by atoms with Crippen LogP contribution in [0.2, 0.25) is 0 Å². The molecule has 1 aliphatic rings. The van der Waals surface area contributed by atoms with Crippen molar-refractivity contribution >= 4 is 21.6 Å². The molecule has 0 bridgehead atoms. The third-order valence-corrected chi connectivity index (χ3v) is 3.76. The number of aromatic nitrogens is 2. The molecule has 1 atom stereocenters. The summed E-state index contributed by atoms with van der Waals surface area (Å²) in [6, 6.07) is 0. The predicted octanol–water partition coefficient (Wildman–Crippen LogP) is 0.356. The number of morpholine rings is 1. The molecule has 0 aliphatic carbocycles. The fourth-order valence-electron chi connectivity index (χ4n) is 2.01. The Labute approximate surface area is 120 Å². The summed E-state index contributed by atoms with van der Waals surface area (Å²) < 4.78 is 7.39. The van der Waals surface area contributed by atoms with Crippen LogP contribution in [0, 0.1) is 0 Å². The van der Waals surface area contributed by atoms with E-state index in [2.05, 4.69) is 32.5 Å². The minimum atomic E-state index is -0.159. The first-order valence-electron chi connectivity index (χ1n) is 6.10. The van der Waals surface area contributed by atoms with Gasteiger partial charge in [0.05, 0.1) is 31.1 Å². The van der Waals surface area contributed by atoms with Gasteiger partial charge in [0.1, 0.15) is 4.47 Å². The minimum absolute atomic E-state index is 0.00347. The van der Waals surface area contributed by atoms with Gasteiger partial charge in [-0.15, -0.1) is 6.58 Å². The number of nitrogens with two attached hydrogens (primary N) is 1. The third-order valence-electron chi connectivity index (χ3n) is 3.01. The Morgan fingerprint density at radius 2 is 2.47 bits per heavy atom. The van der Waals surface area contributed by atoms with Gasteiger partial charge in [0.25, 0.3) is 5.56 Å². The SMILES string of the molecule is C=CCn1ncc(N2CCOC(CN)C2)c(Br)c1=O. The molecule has 0 saturated carbocycles. The van der Waals surface area contributed by atoms with E-state index in [1.54, 1.807) is 12.3 Å². The summed E-state index contributed by atoms with van der Waals surface area (Å²) in [4.78, 5) is 14.2. The molecule has 1 fully saturated rings. The topological polar surface area (TPSA) is 73.4 Å². The highest BCUT2D eigenvalue weighted by Crippen LogP contribution is 2.23. The lowest BCUT2D eigenvalue weighted by Gasteiger charge is -2.34. The van der Waals surface area contributed by atoms with Crippen molar-refractivity contribution in [3.05, 3.63) is 33.7 Å². The molecule has 1 saturated heterocycles. The first-order valence-corrected chi connectivity index (χ1v) is 6.89. The van der Waals surface area contributed by atoms with Crippen molar-refractivity contribution in [1.82, 2.24) is 9.78 Å². The molecule has 1 unspecified atom stereocenters. The van der Waals surface area contributed by atoms with Crippen molar-refractivity contribution in [2.75, 3.05) is 31.1 Å². The molecule has 19 heavy (non-hydrogen) atoms. The van der Waals surface area contributed by atoms with Gasteiger partial charge in [-0.05, 0) is 15.9 Å². The molecule has 0 aromatic carbocycles. The van der Waals surface area contributed by atoms with Crippen LogP contribution in [-0.2, 0) is 11.3 Å². The smallest absolute Gasteiger partial charge is 0.283 e. The summed E-state index contributed by atoms with van der Waals surface area (Å²) >= 11 is 3.36. The second-order valence-electron chi connectivity index (χ2n) is 4.29. The Hall–Kier alpha value is -1.18. The lowest BCUT2D eigenvalue weighted by atomic mass is 10.2. The van der Waals surface area contributed by atoms with Crippen LogP contribution < -0.4 is 16.2 Å². The Balaban J connectivity index is 2.27. The fraction of sp³-hybridized carbons (Fsp3) is 0.500. The number of hydrogen-bond acceptors (Lipinski definition) is 5. The van der Waals surface area contributed by atoms with Crippen molar-refractivity contribution in [2.45, 2.75) is 12.6 Å². The number of halogens is 1.